The molecular weight excluding hydrogens is 348 g/mol. The largest absolute Gasteiger partial charge is 0.497 e. The maximum atomic E-state index is 12.2. The first-order chi connectivity index (χ1) is 12.5. The van der Waals surface area contributed by atoms with Gasteiger partial charge in [-0.1, -0.05) is 19.8 Å². The summed E-state index contributed by atoms with van der Waals surface area (Å²) >= 11 is 1.48. The molecule has 1 heterocycles. The second kappa shape index (κ2) is 8.64. The predicted molar refractivity (Wildman–Crippen MR) is 105 cm³/mol. The van der Waals surface area contributed by atoms with Gasteiger partial charge in [-0.3, -0.25) is 10.1 Å². The molecule has 1 N–H and O–H groups in total. The van der Waals surface area contributed by atoms with Crippen molar-refractivity contribution in [2.75, 3.05) is 19.0 Å². The van der Waals surface area contributed by atoms with Gasteiger partial charge in [0.25, 0.3) is 5.91 Å². The van der Waals surface area contributed by atoms with E-state index in [0.29, 0.717) is 11.0 Å². The average Bonchev–Trinajstić information content (AvgIpc) is 3.00. The molecule has 2 aromatic rings. The Kier molecular flexibility index (Phi) is 6.27. The SMILES string of the molecule is COc1ccc(-c2nc(NC(=O)COC3CCCC(C)C3)sc2C)cc1. The fourth-order valence-corrected chi connectivity index (χ4v) is 4.20. The van der Waals surface area contributed by atoms with Crippen LogP contribution in [0.3, 0.4) is 0 Å². The van der Waals surface area contributed by atoms with E-state index in [1.54, 1.807) is 7.11 Å². The molecule has 1 saturated carbocycles. The molecule has 0 saturated heterocycles. The number of aryl methyl sites for hydroxylation is 1. The van der Waals surface area contributed by atoms with Crippen LogP contribution in [0.1, 0.15) is 37.5 Å². The van der Waals surface area contributed by atoms with Crippen molar-refractivity contribution in [1.82, 2.24) is 4.98 Å². The number of methoxy groups -OCH3 is 1. The molecule has 0 spiro atoms. The third-order valence-corrected chi connectivity index (χ3v) is 5.63. The Hall–Kier alpha value is -1.92. The predicted octanol–water partition coefficient (Wildman–Crippen LogP) is 4.66. The summed E-state index contributed by atoms with van der Waals surface area (Å²) in [5.41, 5.74) is 1.89. The summed E-state index contributed by atoms with van der Waals surface area (Å²) in [6.07, 6.45) is 4.75. The van der Waals surface area contributed by atoms with Crippen LogP contribution in [0.25, 0.3) is 11.3 Å². The third-order valence-electron chi connectivity index (χ3n) is 4.74. The quantitative estimate of drug-likeness (QED) is 0.799. The molecule has 1 fully saturated rings. The molecule has 0 aliphatic heterocycles. The van der Waals surface area contributed by atoms with Gasteiger partial charge in [-0.2, -0.15) is 0 Å². The average molecular weight is 375 g/mol. The lowest BCUT2D eigenvalue weighted by Crippen LogP contribution is -2.26. The van der Waals surface area contributed by atoms with Gasteiger partial charge in [-0.15, -0.1) is 11.3 Å². The van der Waals surface area contributed by atoms with Crippen LogP contribution < -0.4 is 10.1 Å². The van der Waals surface area contributed by atoms with E-state index in [0.717, 1.165) is 34.7 Å². The summed E-state index contributed by atoms with van der Waals surface area (Å²) in [6, 6.07) is 7.76. The van der Waals surface area contributed by atoms with Crippen LogP contribution in [0.2, 0.25) is 0 Å². The molecule has 1 aromatic carbocycles. The number of carbonyl (C=O) groups is 1. The highest BCUT2D eigenvalue weighted by atomic mass is 32.1. The van der Waals surface area contributed by atoms with Gasteiger partial charge >= 0.3 is 0 Å². The standard InChI is InChI=1S/C20H26N2O3S/c1-13-5-4-6-17(11-13)25-12-18(23)21-20-22-19(14(2)26-20)15-7-9-16(24-3)10-8-15/h7-10,13,17H,4-6,11-12H2,1-3H3,(H,21,22,23). The summed E-state index contributed by atoms with van der Waals surface area (Å²) < 4.78 is 11.0. The van der Waals surface area contributed by atoms with Crippen molar-refractivity contribution in [1.29, 1.82) is 0 Å². The summed E-state index contributed by atoms with van der Waals surface area (Å²) in [4.78, 5) is 17.8. The van der Waals surface area contributed by atoms with Crippen LogP contribution in [0.4, 0.5) is 5.13 Å². The number of aromatic nitrogens is 1. The van der Waals surface area contributed by atoms with Crippen LogP contribution in [0.15, 0.2) is 24.3 Å². The van der Waals surface area contributed by atoms with Crippen LogP contribution in [0.5, 0.6) is 5.75 Å². The van der Waals surface area contributed by atoms with Gasteiger partial charge in [0.15, 0.2) is 5.13 Å². The molecule has 0 radical (unpaired) electrons. The molecule has 1 amide bonds. The van der Waals surface area contributed by atoms with Gasteiger partial charge in [-0.25, -0.2) is 4.98 Å². The number of hydrogen-bond donors (Lipinski definition) is 1. The molecule has 26 heavy (non-hydrogen) atoms. The molecule has 6 heteroatoms. The van der Waals surface area contributed by atoms with Gasteiger partial charge in [0.05, 0.1) is 18.9 Å². The van der Waals surface area contributed by atoms with Crippen LogP contribution in [0, 0.1) is 12.8 Å². The zero-order valence-corrected chi connectivity index (χ0v) is 16.4. The molecule has 3 rings (SSSR count). The lowest BCUT2D eigenvalue weighted by atomic mass is 9.89. The summed E-state index contributed by atoms with van der Waals surface area (Å²) in [7, 11) is 1.65. The van der Waals surface area contributed by atoms with Crippen molar-refractivity contribution >= 4 is 22.4 Å². The van der Waals surface area contributed by atoms with E-state index in [2.05, 4.69) is 17.2 Å². The Morgan fingerprint density at radius 2 is 2.08 bits per heavy atom. The number of anilines is 1. The zero-order chi connectivity index (χ0) is 18.5. The Morgan fingerprint density at radius 1 is 1.31 bits per heavy atom. The Morgan fingerprint density at radius 3 is 2.77 bits per heavy atom. The first-order valence-corrected chi connectivity index (χ1v) is 9.90. The first-order valence-electron chi connectivity index (χ1n) is 9.08. The Balaban J connectivity index is 1.57. The van der Waals surface area contributed by atoms with Crippen molar-refractivity contribution < 1.29 is 14.3 Å². The maximum Gasteiger partial charge on any atom is 0.252 e. The minimum Gasteiger partial charge on any atom is -0.497 e. The topological polar surface area (TPSA) is 60.5 Å². The van der Waals surface area contributed by atoms with Gasteiger partial charge in [0, 0.05) is 10.4 Å². The van der Waals surface area contributed by atoms with Gasteiger partial charge < -0.3 is 9.47 Å². The lowest BCUT2D eigenvalue weighted by Gasteiger charge is -2.26. The number of amides is 1. The van der Waals surface area contributed by atoms with Gasteiger partial charge in [0.2, 0.25) is 0 Å². The highest BCUT2D eigenvalue weighted by molar-refractivity contribution is 7.16. The normalized spacial score (nSPS) is 20.0. The zero-order valence-electron chi connectivity index (χ0n) is 15.6. The van der Waals surface area contributed by atoms with Crippen molar-refractivity contribution in [3.05, 3.63) is 29.1 Å². The number of rotatable bonds is 6. The number of nitrogens with zero attached hydrogens (tertiary/aromatic N) is 1. The van der Waals surface area contributed by atoms with Crippen molar-refractivity contribution in [3.63, 3.8) is 0 Å². The minimum absolute atomic E-state index is 0.0912. The van der Waals surface area contributed by atoms with E-state index in [-0.39, 0.29) is 18.6 Å². The van der Waals surface area contributed by atoms with E-state index >= 15 is 0 Å². The molecule has 2 atom stereocenters. The summed E-state index contributed by atoms with van der Waals surface area (Å²) in [5.74, 6) is 1.35. The number of thiazole rings is 1. The van der Waals surface area contributed by atoms with Crippen LogP contribution >= 0.6 is 11.3 Å². The maximum absolute atomic E-state index is 12.2. The number of nitrogens with one attached hydrogen (secondary N) is 1. The highest BCUT2D eigenvalue weighted by Crippen LogP contribution is 2.31. The van der Waals surface area contributed by atoms with E-state index in [9.17, 15) is 4.79 Å². The van der Waals surface area contributed by atoms with E-state index < -0.39 is 0 Å². The second-order valence-electron chi connectivity index (χ2n) is 6.91. The molecular formula is C20H26N2O3S. The third kappa shape index (κ3) is 4.83. The van der Waals surface area contributed by atoms with Crippen molar-refractivity contribution in [3.8, 4) is 17.0 Å². The van der Waals surface area contributed by atoms with Gasteiger partial charge in [0.1, 0.15) is 12.4 Å². The van der Waals surface area contributed by atoms with Crippen LogP contribution in [-0.4, -0.2) is 30.7 Å². The van der Waals surface area contributed by atoms with Crippen molar-refractivity contribution in [2.45, 2.75) is 45.6 Å². The molecule has 2 unspecified atom stereocenters. The fraction of sp³-hybridized carbons (Fsp3) is 0.500. The fourth-order valence-electron chi connectivity index (χ4n) is 3.35. The number of benzene rings is 1. The molecule has 0 bridgehead atoms. The molecule has 140 valence electrons. The Labute approximate surface area is 158 Å². The number of hydrogen-bond acceptors (Lipinski definition) is 5. The van der Waals surface area contributed by atoms with E-state index in [1.165, 1.54) is 24.2 Å². The van der Waals surface area contributed by atoms with Gasteiger partial charge in [-0.05, 0) is 49.9 Å². The smallest absolute Gasteiger partial charge is 0.252 e. The van der Waals surface area contributed by atoms with E-state index in [1.807, 2.05) is 31.2 Å². The monoisotopic (exact) mass is 374 g/mol. The second-order valence-corrected chi connectivity index (χ2v) is 8.11. The lowest BCUT2D eigenvalue weighted by molar-refractivity contribution is -0.123. The first kappa shape index (κ1) is 18.9. The molecule has 5 nitrogen and oxygen atoms in total. The van der Waals surface area contributed by atoms with Crippen LogP contribution in [-0.2, 0) is 9.53 Å². The number of carbonyl (C=O) groups excluding carboxylic acids is 1. The van der Waals surface area contributed by atoms with E-state index in [4.69, 9.17) is 9.47 Å². The Bertz CT molecular complexity index is 742. The molecule has 1 aliphatic carbocycles. The van der Waals surface area contributed by atoms with Crippen molar-refractivity contribution in [2.24, 2.45) is 5.92 Å². The summed E-state index contributed by atoms with van der Waals surface area (Å²) in [5, 5.41) is 3.48. The molecule has 1 aromatic heterocycles. The molecule has 1 aliphatic rings. The number of ether oxygens (including phenoxy) is 2. The minimum atomic E-state index is -0.141. The summed E-state index contributed by atoms with van der Waals surface area (Å²) in [6.45, 7) is 4.34. The highest BCUT2D eigenvalue weighted by Gasteiger charge is 2.20.